The minimum atomic E-state index is 0.387. The predicted octanol–water partition coefficient (Wildman–Crippen LogP) is 3.72. The fraction of sp³-hybridized carbons (Fsp3) is 0.917. The molecule has 0 heterocycles. The highest BCUT2D eigenvalue weighted by molar-refractivity contribution is 5.80. The van der Waals surface area contributed by atoms with Gasteiger partial charge in [-0.1, -0.05) is 39.0 Å². The highest BCUT2D eigenvalue weighted by atomic mass is 16.1. The topological polar surface area (TPSA) is 17.1 Å². The van der Waals surface area contributed by atoms with Gasteiger partial charge in [-0.15, -0.1) is 0 Å². The molecule has 13 heavy (non-hydrogen) atoms. The number of carbonyl (C=O) groups is 1. The second-order valence-corrected chi connectivity index (χ2v) is 4.23. The average Bonchev–Trinajstić information content (AvgIpc) is 2.16. The lowest BCUT2D eigenvalue weighted by Crippen LogP contribution is -2.14. The molecule has 1 unspecified atom stereocenters. The van der Waals surface area contributed by atoms with Crippen molar-refractivity contribution in [1.29, 1.82) is 0 Å². The fourth-order valence-electron chi connectivity index (χ4n) is 2.19. The molecule has 1 aliphatic carbocycles. The van der Waals surface area contributed by atoms with Crippen molar-refractivity contribution in [1.82, 2.24) is 0 Å². The molecule has 1 atom stereocenters. The molecule has 0 aromatic heterocycles. The van der Waals surface area contributed by atoms with E-state index in [4.69, 9.17) is 0 Å². The third kappa shape index (κ3) is 3.93. The fourth-order valence-corrected chi connectivity index (χ4v) is 2.19. The monoisotopic (exact) mass is 182 g/mol. The van der Waals surface area contributed by atoms with Gasteiger partial charge in [0.25, 0.3) is 0 Å². The molecule has 1 rings (SSSR count). The van der Waals surface area contributed by atoms with E-state index in [1.807, 2.05) is 0 Å². The summed E-state index contributed by atoms with van der Waals surface area (Å²) in [5, 5.41) is 0. The van der Waals surface area contributed by atoms with Crippen LogP contribution in [0.3, 0.4) is 0 Å². The van der Waals surface area contributed by atoms with Gasteiger partial charge in [-0.2, -0.15) is 0 Å². The molecular weight excluding hydrogens is 160 g/mol. The maximum Gasteiger partial charge on any atom is 0.135 e. The molecule has 0 radical (unpaired) electrons. The van der Waals surface area contributed by atoms with Crippen LogP contribution in [0.2, 0.25) is 0 Å². The number of Topliss-reactive ketones (excluding diaryl/α,β-unsaturated/α-hetero) is 1. The summed E-state index contributed by atoms with van der Waals surface area (Å²) in [6, 6.07) is 0. The van der Waals surface area contributed by atoms with E-state index in [9.17, 15) is 4.79 Å². The van der Waals surface area contributed by atoms with Gasteiger partial charge in [-0.05, 0) is 19.3 Å². The first-order chi connectivity index (χ1) is 6.34. The van der Waals surface area contributed by atoms with Gasteiger partial charge in [0.15, 0.2) is 0 Å². The standard InChI is InChI=1S/C12H22O/c1-2-11-9-7-5-3-4-6-8-10-12(11)13/h11H,2-10H2,1H3. The Labute approximate surface area is 81.9 Å². The highest BCUT2D eigenvalue weighted by Gasteiger charge is 2.15. The molecule has 0 bridgehead atoms. The Bertz CT molecular complexity index is 151. The van der Waals surface area contributed by atoms with Gasteiger partial charge in [0.2, 0.25) is 0 Å². The Morgan fingerprint density at radius 2 is 1.69 bits per heavy atom. The lowest BCUT2D eigenvalue weighted by molar-refractivity contribution is -0.123. The lowest BCUT2D eigenvalue weighted by Gasteiger charge is -2.15. The molecule has 0 spiro atoms. The van der Waals surface area contributed by atoms with E-state index in [0.717, 1.165) is 25.7 Å². The first kappa shape index (κ1) is 10.7. The van der Waals surface area contributed by atoms with E-state index in [-0.39, 0.29) is 0 Å². The molecule has 0 saturated heterocycles. The molecule has 1 heteroatoms. The predicted molar refractivity (Wildman–Crippen MR) is 55.7 cm³/mol. The number of hydrogen-bond donors (Lipinski definition) is 0. The Balaban J connectivity index is 2.37. The zero-order valence-corrected chi connectivity index (χ0v) is 8.85. The zero-order valence-electron chi connectivity index (χ0n) is 8.85. The molecule has 0 aliphatic heterocycles. The summed E-state index contributed by atoms with van der Waals surface area (Å²) in [6.45, 7) is 2.15. The quantitative estimate of drug-likeness (QED) is 0.604. The molecular formula is C12H22O. The lowest BCUT2D eigenvalue weighted by atomic mass is 9.89. The first-order valence-corrected chi connectivity index (χ1v) is 5.87. The van der Waals surface area contributed by atoms with Crippen LogP contribution in [0, 0.1) is 5.92 Å². The molecule has 76 valence electrons. The van der Waals surface area contributed by atoms with Gasteiger partial charge in [0, 0.05) is 12.3 Å². The molecule has 1 saturated carbocycles. The number of rotatable bonds is 1. The zero-order chi connectivity index (χ0) is 9.52. The third-order valence-corrected chi connectivity index (χ3v) is 3.17. The van der Waals surface area contributed by atoms with Crippen LogP contribution in [0.5, 0.6) is 0 Å². The van der Waals surface area contributed by atoms with Crippen molar-refractivity contribution in [2.45, 2.75) is 64.7 Å². The van der Waals surface area contributed by atoms with Gasteiger partial charge >= 0.3 is 0 Å². The first-order valence-electron chi connectivity index (χ1n) is 5.87. The van der Waals surface area contributed by atoms with Gasteiger partial charge < -0.3 is 0 Å². The maximum absolute atomic E-state index is 11.7. The summed E-state index contributed by atoms with van der Waals surface area (Å²) < 4.78 is 0. The Morgan fingerprint density at radius 3 is 2.38 bits per heavy atom. The molecule has 1 fully saturated rings. The van der Waals surface area contributed by atoms with E-state index in [2.05, 4.69) is 6.92 Å². The van der Waals surface area contributed by atoms with Crippen LogP contribution in [-0.4, -0.2) is 5.78 Å². The summed E-state index contributed by atoms with van der Waals surface area (Å²) in [5.74, 6) is 0.919. The smallest absolute Gasteiger partial charge is 0.135 e. The van der Waals surface area contributed by atoms with E-state index in [1.165, 1.54) is 32.1 Å². The van der Waals surface area contributed by atoms with Crippen molar-refractivity contribution in [2.24, 2.45) is 5.92 Å². The van der Waals surface area contributed by atoms with Gasteiger partial charge in [-0.3, -0.25) is 4.79 Å². The van der Waals surface area contributed by atoms with Crippen LogP contribution in [-0.2, 0) is 4.79 Å². The molecule has 1 nitrogen and oxygen atoms in total. The van der Waals surface area contributed by atoms with Crippen molar-refractivity contribution >= 4 is 5.78 Å². The van der Waals surface area contributed by atoms with Crippen LogP contribution in [0.25, 0.3) is 0 Å². The van der Waals surface area contributed by atoms with Crippen LogP contribution < -0.4 is 0 Å². The van der Waals surface area contributed by atoms with Gasteiger partial charge in [0.05, 0.1) is 0 Å². The molecule has 1 aliphatic rings. The Hall–Kier alpha value is -0.330. The maximum atomic E-state index is 11.7. The highest BCUT2D eigenvalue weighted by Crippen LogP contribution is 2.20. The van der Waals surface area contributed by atoms with Crippen molar-refractivity contribution in [3.05, 3.63) is 0 Å². The number of carbonyl (C=O) groups excluding carboxylic acids is 1. The molecule has 0 amide bonds. The van der Waals surface area contributed by atoms with E-state index >= 15 is 0 Å². The minimum Gasteiger partial charge on any atom is -0.299 e. The van der Waals surface area contributed by atoms with Crippen molar-refractivity contribution in [3.63, 3.8) is 0 Å². The Kier molecular flexibility index (Phi) is 5.10. The Morgan fingerprint density at radius 1 is 1.08 bits per heavy atom. The normalized spacial score (nSPS) is 27.2. The molecule has 0 N–H and O–H groups in total. The van der Waals surface area contributed by atoms with Crippen molar-refractivity contribution in [3.8, 4) is 0 Å². The second kappa shape index (κ2) is 6.17. The second-order valence-electron chi connectivity index (χ2n) is 4.23. The summed E-state index contributed by atoms with van der Waals surface area (Å²) in [4.78, 5) is 11.7. The average molecular weight is 182 g/mol. The van der Waals surface area contributed by atoms with Crippen LogP contribution in [0.4, 0.5) is 0 Å². The number of ketones is 1. The summed E-state index contributed by atoms with van der Waals surface area (Å²) in [5.41, 5.74) is 0. The summed E-state index contributed by atoms with van der Waals surface area (Å²) in [6.07, 6.45) is 10.8. The largest absolute Gasteiger partial charge is 0.299 e. The number of hydrogen-bond acceptors (Lipinski definition) is 1. The van der Waals surface area contributed by atoms with Crippen LogP contribution in [0.1, 0.15) is 64.7 Å². The third-order valence-electron chi connectivity index (χ3n) is 3.17. The van der Waals surface area contributed by atoms with Crippen molar-refractivity contribution in [2.75, 3.05) is 0 Å². The summed E-state index contributed by atoms with van der Waals surface area (Å²) >= 11 is 0. The van der Waals surface area contributed by atoms with Crippen LogP contribution >= 0.6 is 0 Å². The molecule has 0 aromatic carbocycles. The van der Waals surface area contributed by atoms with Crippen molar-refractivity contribution < 1.29 is 4.79 Å². The minimum absolute atomic E-state index is 0.387. The van der Waals surface area contributed by atoms with Gasteiger partial charge in [-0.25, -0.2) is 0 Å². The van der Waals surface area contributed by atoms with E-state index in [0.29, 0.717) is 11.7 Å². The van der Waals surface area contributed by atoms with Gasteiger partial charge in [0.1, 0.15) is 5.78 Å². The SMILES string of the molecule is CCC1CCCCCCCCC1=O. The van der Waals surface area contributed by atoms with E-state index in [1.54, 1.807) is 0 Å². The van der Waals surface area contributed by atoms with Crippen LogP contribution in [0.15, 0.2) is 0 Å². The molecule has 0 aromatic rings. The summed E-state index contributed by atoms with van der Waals surface area (Å²) in [7, 11) is 0. The van der Waals surface area contributed by atoms with E-state index < -0.39 is 0 Å².